The summed E-state index contributed by atoms with van der Waals surface area (Å²) in [6.07, 6.45) is 4.57. The summed E-state index contributed by atoms with van der Waals surface area (Å²) < 4.78 is 16.3. The van der Waals surface area contributed by atoms with Crippen LogP contribution in [0.5, 0.6) is 5.75 Å². The Balaban J connectivity index is 2.33. The maximum atomic E-state index is 12.6. The highest BCUT2D eigenvalue weighted by atomic mass is 16.5. The Hall–Kier alpha value is -3.52. The standard InChI is InChI=1S/C27H36N2O6/c1-5-7-8-14-28-27(32)29(3)22-11-9-10-21(19-22)23-13-12-20(18-25(33-4)26(30)31)17-24(23)35-16-15-34-6-2/h9-13,17-19H,5-8,14-16H2,1-4H3,(H,28,32)(H,30,31)/b25-18-. The number of carbonyl (C=O) groups excluding carboxylic acids is 1. The van der Waals surface area contributed by atoms with Gasteiger partial charge in [-0.25, -0.2) is 9.59 Å². The van der Waals surface area contributed by atoms with Crippen molar-refractivity contribution in [1.82, 2.24) is 5.32 Å². The van der Waals surface area contributed by atoms with Gasteiger partial charge >= 0.3 is 12.0 Å². The summed E-state index contributed by atoms with van der Waals surface area (Å²) in [5, 5.41) is 12.2. The zero-order valence-electron chi connectivity index (χ0n) is 21.0. The van der Waals surface area contributed by atoms with Crippen LogP contribution < -0.4 is 15.0 Å². The number of aliphatic carboxylic acids is 1. The van der Waals surface area contributed by atoms with Gasteiger partial charge in [0, 0.05) is 31.5 Å². The van der Waals surface area contributed by atoms with Gasteiger partial charge in [-0.3, -0.25) is 4.90 Å². The lowest BCUT2D eigenvalue weighted by molar-refractivity contribution is -0.135. The number of amides is 2. The first-order chi connectivity index (χ1) is 16.9. The molecule has 0 saturated carbocycles. The molecule has 0 heterocycles. The first kappa shape index (κ1) is 27.7. The van der Waals surface area contributed by atoms with Crippen LogP contribution in [0.25, 0.3) is 17.2 Å². The van der Waals surface area contributed by atoms with Gasteiger partial charge in [-0.2, -0.15) is 0 Å². The molecule has 0 unspecified atom stereocenters. The summed E-state index contributed by atoms with van der Waals surface area (Å²) >= 11 is 0. The minimum absolute atomic E-state index is 0.160. The molecule has 0 saturated heterocycles. The number of unbranched alkanes of at least 4 members (excludes halogenated alkanes) is 2. The fraction of sp³-hybridized carbons (Fsp3) is 0.407. The molecule has 0 bridgehead atoms. The largest absolute Gasteiger partial charge is 0.491 e. The number of nitrogens with one attached hydrogen (secondary N) is 1. The molecule has 0 atom stereocenters. The first-order valence-corrected chi connectivity index (χ1v) is 11.9. The van der Waals surface area contributed by atoms with Gasteiger partial charge in [0.05, 0.1) is 13.7 Å². The van der Waals surface area contributed by atoms with Crippen LogP contribution in [0.3, 0.4) is 0 Å². The Morgan fingerprint density at radius 1 is 1.09 bits per heavy atom. The van der Waals surface area contributed by atoms with Crippen LogP contribution in [0, 0.1) is 0 Å². The third kappa shape index (κ3) is 8.64. The lowest BCUT2D eigenvalue weighted by Gasteiger charge is -2.20. The Morgan fingerprint density at radius 3 is 2.57 bits per heavy atom. The third-order valence-corrected chi connectivity index (χ3v) is 5.33. The van der Waals surface area contributed by atoms with E-state index in [-0.39, 0.29) is 11.8 Å². The van der Waals surface area contributed by atoms with Crippen molar-refractivity contribution in [2.24, 2.45) is 0 Å². The SMILES string of the molecule is CCCCCNC(=O)N(C)c1cccc(-c2ccc(/C=C(\OC)C(=O)O)cc2OCCOCC)c1. The molecule has 0 aromatic heterocycles. The maximum Gasteiger partial charge on any atom is 0.371 e. The maximum absolute atomic E-state index is 12.6. The van der Waals surface area contributed by atoms with Crippen LogP contribution >= 0.6 is 0 Å². The second-order valence-electron chi connectivity index (χ2n) is 7.87. The summed E-state index contributed by atoms with van der Waals surface area (Å²) in [5.74, 6) is -0.756. The minimum Gasteiger partial charge on any atom is -0.491 e. The van der Waals surface area contributed by atoms with Crippen LogP contribution in [-0.2, 0) is 14.3 Å². The lowest BCUT2D eigenvalue weighted by atomic mass is 10.0. The molecule has 0 fully saturated rings. The number of rotatable bonds is 14. The molecule has 2 aromatic carbocycles. The van der Waals surface area contributed by atoms with E-state index in [2.05, 4.69) is 12.2 Å². The van der Waals surface area contributed by atoms with Crippen molar-refractivity contribution in [3.8, 4) is 16.9 Å². The van der Waals surface area contributed by atoms with E-state index in [0.29, 0.717) is 37.7 Å². The van der Waals surface area contributed by atoms with E-state index >= 15 is 0 Å². The Kier molecular flexibility index (Phi) is 11.6. The zero-order chi connectivity index (χ0) is 25.6. The van der Waals surface area contributed by atoms with Crippen LogP contribution in [0.1, 0.15) is 38.7 Å². The fourth-order valence-electron chi connectivity index (χ4n) is 3.39. The van der Waals surface area contributed by atoms with E-state index in [4.69, 9.17) is 14.2 Å². The summed E-state index contributed by atoms with van der Waals surface area (Å²) in [5.41, 5.74) is 3.04. The topological polar surface area (TPSA) is 97.3 Å². The number of urea groups is 1. The van der Waals surface area contributed by atoms with Gasteiger partial charge in [0.2, 0.25) is 5.76 Å². The highest BCUT2D eigenvalue weighted by Gasteiger charge is 2.14. The van der Waals surface area contributed by atoms with Crippen LogP contribution in [0.15, 0.2) is 48.2 Å². The molecular weight excluding hydrogens is 448 g/mol. The van der Waals surface area contributed by atoms with Crippen LogP contribution in [0.2, 0.25) is 0 Å². The number of hydrogen-bond donors (Lipinski definition) is 2. The van der Waals surface area contributed by atoms with E-state index in [0.717, 1.165) is 36.1 Å². The van der Waals surface area contributed by atoms with Crippen molar-refractivity contribution in [2.75, 3.05) is 45.4 Å². The Morgan fingerprint density at radius 2 is 1.89 bits per heavy atom. The predicted octanol–water partition coefficient (Wildman–Crippen LogP) is 5.18. The molecule has 8 nitrogen and oxygen atoms in total. The fourth-order valence-corrected chi connectivity index (χ4v) is 3.39. The van der Waals surface area contributed by atoms with E-state index in [1.807, 2.05) is 37.3 Å². The Bertz CT molecular complexity index is 1000. The number of carbonyl (C=O) groups is 2. The van der Waals surface area contributed by atoms with Gasteiger partial charge in [-0.15, -0.1) is 0 Å². The van der Waals surface area contributed by atoms with Gasteiger partial charge in [-0.05, 0) is 48.7 Å². The molecule has 2 aromatic rings. The van der Waals surface area contributed by atoms with Gasteiger partial charge in [0.25, 0.3) is 0 Å². The van der Waals surface area contributed by atoms with E-state index in [9.17, 15) is 14.7 Å². The smallest absolute Gasteiger partial charge is 0.371 e. The molecular formula is C27H36N2O6. The third-order valence-electron chi connectivity index (χ3n) is 5.33. The molecule has 35 heavy (non-hydrogen) atoms. The average Bonchev–Trinajstić information content (AvgIpc) is 2.87. The van der Waals surface area contributed by atoms with Crippen molar-refractivity contribution >= 4 is 23.8 Å². The molecule has 190 valence electrons. The number of methoxy groups -OCH3 is 1. The number of carboxylic acid groups (broad SMARTS) is 1. The highest BCUT2D eigenvalue weighted by Crippen LogP contribution is 2.34. The average molecular weight is 485 g/mol. The number of anilines is 1. The van der Waals surface area contributed by atoms with Crippen molar-refractivity contribution < 1.29 is 28.9 Å². The highest BCUT2D eigenvalue weighted by molar-refractivity contribution is 5.92. The van der Waals surface area contributed by atoms with Gasteiger partial charge < -0.3 is 24.6 Å². The summed E-state index contributed by atoms with van der Waals surface area (Å²) in [6.45, 7) is 6.03. The quantitative estimate of drug-likeness (QED) is 0.218. The van der Waals surface area contributed by atoms with E-state index in [1.54, 1.807) is 24.1 Å². The van der Waals surface area contributed by atoms with E-state index < -0.39 is 5.97 Å². The van der Waals surface area contributed by atoms with Crippen molar-refractivity contribution in [3.05, 3.63) is 53.8 Å². The summed E-state index contributed by atoms with van der Waals surface area (Å²) in [6, 6.07) is 12.9. The zero-order valence-corrected chi connectivity index (χ0v) is 21.0. The van der Waals surface area contributed by atoms with Crippen molar-refractivity contribution in [3.63, 3.8) is 0 Å². The molecule has 2 amide bonds. The Labute approximate surface area is 207 Å². The van der Waals surface area contributed by atoms with E-state index in [1.165, 1.54) is 13.2 Å². The van der Waals surface area contributed by atoms with Crippen molar-refractivity contribution in [2.45, 2.75) is 33.1 Å². The molecule has 2 N–H and O–H groups in total. The lowest BCUT2D eigenvalue weighted by Crippen LogP contribution is -2.37. The number of hydrogen-bond acceptors (Lipinski definition) is 5. The molecule has 0 aliphatic carbocycles. The monoisotopic (exact) mass is 484 g/mol. The normalized spacial score (nSPS) is 11.1. The minimum atomic E-state index is -1.15. The second kappa shape index (κ2) is 14.7. The molecule has 0 aliphatic rings. The predicted molar refractivity (Wildman–Crippen MR) is 138 cm³/mol. The van der Waals surface area contributed by atoms with Gasteiger partial charge in [-0.1, -0.05) is 44.0 Å². The molecule has 0 radical (unpaired) electrons. The van der Waals surface area contributed by atoms with Gasteiger partial charge in [0.1, 0.15) is 12.4 Å². The van der Waals surface area contributed by atoms with Crippen LogP contribution in [0.4, 0.5) is 10.5 Å². The second-order valence-corrected chi connectivity index (χ2v) is 7.87. The van der Waals surface area contributed by atoms with Crippen LogP contribution in [-0.4, -0.2) is 57.6 Å². The summed E-state index contributed by atoms with van der Waals surface area (Å²) in [4.78, 5) is 25.5. The molecule has 0 spiro atoms. The molecule has 8 heteroatoms. The van der Waals surface area contributed by atoms with Gasteiger partial charge in [0.15, 0.2) is 0 Å². The van der Waals surface area contributed by atoms with Crippen molar-refractivity contribution in [1.29, 1.82) is 0 Å². The summed E-state index contributed by atoms with van der Waals surface area (Å²) in [7, 11) is 3.05. The number of ether oxygens (including phenoxy) is 3. The first-order valence-electron chi connectivity index (χ1n) is 11.9. The molecule has 0 aliphatic heterocycles. The molecule has 2 rings (SSSR count). The number of carboxylic acids is 1. The number of nitrogens with zero attached hydrogens (tertiary/aromatic N) is 1. The number of benzene rings is 2.